The molecule has 1 fully saturated rings. The molecule has 0 saturated heterocycles. The molecule has 0 aliphatic heterocycles. The molecular formula is C12H14O2S. The Bertz CT molecular complexity index is 408. The first-order chi connectivity index (χ1) is 7.16. The van der Waals surface area contributed by atoms with Gasteiger partial charge in [0.2, 0.25) is 0 Å². The van der Waals surface area contributed by atoms with Crippen molar-refractivity contribution in [1.29, 1.82) is 0 Å². The molecule has 80 valence electrons. The molecule has 15 heavy (non-hydrogen) atoms. The zero-order valence-corrected chi connectivity index (χ0v) is 9.55. The highest BCUT2D eigenvalue weighted by atomic mass is 32.2. The fourth-order valence-electron chi connectivity index (χ4n) is 1.49. The summed E-state index contributed by atoms with van der Waals surface area (Å²) in [5, 5.41) is 0. The van der Waals surface area contributed by atoms with E-state index in [9.17, 15) is 9.00 Å². The summed E-state index contributed by atoms with van der Waals surface area (Å²) in [6.45, 7) is 1.96. The van der Waals surface area contributed by atoms with Crippen molar-refractivity contribution in [2.45, 2.75) is 24.7 Å². The van der Waals surface area contributed by atoms with Gasteiger partial charge >= 0.3 is 0 Å². The van der Waals surface area contributed by atoms with Crippen molar-refractivity contribution in [3.8, 4) is 0 Å². The number of Topliss-reactive ketones (excluding diaryl/α,β-unsaturated/α-hetero) is 1. The lowest BCUT2D eigenvalue weighted by Gasteiger charge is -2.01. The van der Waals surface area contributed by atoms with Gasteiger partial charge in [-0.05, 0) is 37.5 Å². The maximum atomic E-state index is 11.8. The summed E-state index contributed by atoms with van der Waals surface area (Å²) in [5.74, 6) is 0.558. The summed E-state index contributed by atoms with van der Waals surface area (Å²) in [4.78, 5) is 12.2. The predicted octanol–water partition coefficient (Wildman–Crippen LogP) is 2.08. The van der Waals surface area contributed by atoms with E-state index >= 15 is 0 Å². The van der Waals surface area contributed by atoms with Crippen LogP contribution in [0.5, 0.6) is 0 Å². The van der Waals surface area contributed by atoms with Gasteiger partial charge in [0.25, 0.3) is 0 Å². The largest absolute Gasteiger partial charge is 0.298 e. The van der Waals surface area contributed by atoms with Gasteiger partial charge in [-0.25, -0.2) is 0 Å². The van der Waals surface area contributed by atoms with Crippen LogP contribution in [0.15, 0.2) is 29.2 Å². The van der Waals surface area contributed by atoms with Crippen LogP contribution in [0.1, 0.15) is 18.4 Å². The monoisotopic (exact) mass is 222 g/mol. The summed E-state index contributed by atoms with van der Waals surface area (Å²) in [5.41, 5.74) is 1.08. The fourth-order valence-corrected chi connectivity index (χ4v) is 2.70. The minimum atomic E-state index is -1.15. The van der Waals surface area contributed by atoms with Crippen LogP contribution in [0, 0.1) is 12.8 Å². The quantitative estimate of drug-likeness (QED) is 0.781. The van der Waals surface area contributed by atoms with Crippen LogP contribution in [0.2, 0.25) is 0 Å². The molecule has 1 aliphatic rings. The van der Waals surface area contributed by atoms with Crippen molar-refractivity contribution in [1.82, 2.24) is 0 Å². The number of hydrogen-bond acceptors (Lipinski definition) is 2. The van der Waals surface area contributed by atoms with Crippen LogP contribution in [0.25, 0.3) is 0 Å². The van der Waals surface area contributed by atoms with Crippen LogP contribution in [-0.4, -0.2) is 15.7 Å². The Balaban J connectivity index is 2.03. The van der Waals surface area contributed by atoms with Gasteiger partial charge in [0.05, 0.1) is 16.6 Å². The number of benzene rings is 1. The summed E-state index contributed by atoms with van der Waals surface area (Å²) in [6.07, 6.45) is 1.98. The molecule has 1 saturated carbocycles. The Morgan fingerprint density at radius 3 is 2.80 bits per heavy atom. The van der Waals surface area contributed by atoms with Crippen LogP contribution >= 0.6 is 0 Å². The van der Waals surface area contributed by atoms with E-state index in [1.165, 1.54) is 0 Å². The maximum absolute atomic E-state index is 11.8. The molecule has 0 aromatic heterocycles. The molecule has 1 unspecified atom stereocenters. The predicted molar refractivity (Wildman–Crippen MR) is 60.2 cm³/mol. The van der Waals surface area contributed by atoms with Crippen molar-refractivity contribution >= 4 is 16.6 Å². The smallest absolute Gasteiger partial charge is 0.148 e. The van der Waals surface area contributed by atoms with Gasteiger partial charge in [-0.3, -0.25) is 9.00 Å². The van der Waals surface area contributed by atoms with Gasteiger partial charge in [-0.1, -0.05) is 12.1 Å². The second-order valence-corrected chi connectivity index (χ2v) is 5.50. The minimum absolute atomic E-state index is 0.162. The van der Waals surface area contributed by atoms with E-state index in [1.54, 1.807) is 0 Å². The lowest BCUT2D eigenvalue weighted by Crippen LogP contribution is -2.12. The SMILES string of the molecule is Cc1cccc(S(=O)CC(=O)C2CC2)c1. The number of hydrogen-bond donors (Lipinski definition) is 0. The van der Waals surface area contributed by atoms with Gasteiger partial charge in [0.15, 0.2) is 0 Å². The van der Waals surface area contributed by atoms with Gasteiger partial charge in [0.1, 0.15) is 5.78 Å². The highest BCUT2D eigenvalue weighted by Gasteiger charge is 2.30. The minimum Gasteiger partial charge on any atom is -0.298 e. The van der Waals surface area contributed by atoms with Gasteiger partial charge < -0.3 is 0 Å². The Kier molecular flexibility index (Phi) is 3.00. The second-order valence-electron chi connectivity index (χ2n) is 4.05. The first-order valence-electron chi connectivity index (χ1n) is 5.14. The van der Waals surface area contributed by atoms with Gasteiger partial charge in [-0.15, -0.1) is 0 Å². The third-order valence-corrected chi connectivity index (χ3v) is 3.88. The fraction of sp³-hybridized carbons (Fsp3) is 0.417. The zero-order chi connectivity index (χ0) is 10.8. The molecule has 1 atom stereocenters. The molecule has 2 rings (SSSR count). The Morgan fingerprint density at radius 1 is 1.47 bits per heavy atom. The van der Waals surface area contributed by atoms with Crippen LogP contribution in [0.4, 0.5) is 0 Å². The molecule has 1 aliphatic carbocycles. The van der Waals surface area contributed by atoms with E-state index in [1.807, 2.05) is 31.2 Å². The summed E-state index contributed by atoms with van der Waals surface area (Å²) in [7, 11) is -1.15. The van der Waals surface area contributed by atoms with E-state index in [0.717, 1.165) is 23.3 Å². The van der Waals surface area contributed by atoms with E-state index in [-0.39, 0.29) is 17.5 Å². The van der Waals surface area contributed by atoms with Crippen molar-refractivity contribution < 1.29 is 9.00 Å². The Labute approximate surface area is 92.2 Å². The van der Waals surface area contributed by atoms with Crippen molar-refractivity contribution in [3.05, 3.63) is 29.8 Å². The highest BCUT2D eigenvalue weighted by molar-refractivity contribution is 7.85. The van der Waals surface area contributed by atoms with E-state index < -0.39 is 10.8 Å². The number of rotatable bonds is 4. The topological polar surface area (TPSA) is 34.1 Å². The van der Waals surface area contributed by atoms with Gasteiger partial charge in [-0.2, -0.15) is 0 Å². The number of ketones is 1. The molecule has 0 spiro atoms. The average Bonchev–Trinajstić information content (AvgIpc) is 3.00. The van der Waals surface area contributed by atoms with Crippen molar-refractivity contribution in [2.75, 3.05) is 5.75 Å². The normalized spacial score (nSPS) is 17.4. The summed E-state index contributed by atoms with van der Waals surface area (Å²) >= 11 is 0. The molecule has 3 heteroatoms. The van der Waals surface area contributed by atoms with Crippen molar-refractivity contribution in [3.63, 3.8) is 0 Å². The summed E-state index contributed by atoms with van der Waals surface area (Å²) in [6, 6.07) is 7.55. The maximum Gasteiger partial charge on any atom is 0.148 e. The first kappa shape index (κ1) is 10.6. The van der Waals surface area contributed by atoms with Crippen LogP contribution in [-0.2, 0) is 15.6 Å². The number of carbonyl (C=O) groups is 1. The van der Waals surface area contributed by atoms with Crippen LogP contribution < -0.4 is 0 Å². The Morgan fingerprint density at radius 2 is 2.20 bits per heavy atom. The average molecular weight is 222 g/mol. The zero-order valence-electron chi connectivity index (χ0n) is 8.73. The third kappa shape index (κ3) is 2.75. The second kappa shape index (κ2) is 4.27. The lowest BCUT2D eigenvalue weighted by molar-refractivity contribution is -0.117. The standard InChI is InChI=1S/C12H14O2S/c1-9-3-2-4-11(7-9)15(14)8-12(13)10-5-6-10/h2-4,7,10H,5-6,8H2,1H3. The summed E-state index contributed by atoms with van der Waals surface area (Å²) < 4.78 is 11.8. The number of carbonyl (C=O) groups excluding carboxylic acids is 1. The van der Waals surface area contributed by atoms with E-state index in [4.69, 9.17) is 0 Å². The Hall–Kier alpha value is -0.960. The van der Waals surface area contributed by atoms with Crippen LogP contribution in [0.3, 0.4) is 0 Å². The molecule has 0 radical (unpaired) electrons. The molecule has 0 N–H and O–H groups in total. The highest BCUT2D eigenvalue weighted by Crippen LogP contribution is 2.30. The number of aryl methyl sites for hydroxylation is 1. The molecule has 2 nitrogen and oxygen atoms in total. The van der Waals surface area contributed by atoms with Gasteiger partial charge in [0, 0.05) is 10.8 Å². The third-order valence-electron chi connectivity index (χ3n) is 2.56. The van der Waals surface area contributed by atoms with E-state index in [2.05, 4.69) is 0 Å². The lowest BCUT2D eigenvalue weighted by atomic mass is 10.2. The molecule has 0 bridgehead atoms. The molecule has 1 aromatic rings. The van der Waals surface area contributed by atoms with E-state index in [0.29, 0.717) is 0 Å². The first-order valence-corrected chi connectivity index (χ1v) is 6.46. The molecule has 1 aromatic carbocycles. The molecular weight excluding hydrogens is 208 g/mol. The molecule has 0 amide bonds. The molecule has 0 heterocycles. The van der Waals surface area contributed by atoms with Crippen molar-refractivity contribution in [2.24, 2.45) is 5.92 Å².